The van der Waals surface area contributed by atoms with Crippen LogP contribution in [0.3, 0.4) is 0 Å². The van der Waals surface area contributed by atoms with Gasteiger partial charge in [-0.3, -0.25) is 0 Å². The Morgan fingerprint density at radius 3 is 2.30 bits per heavy atom. The molecule has 2 rings (SSSR count). The lowest BCUT2D eigenvalue weighted by molar-refractivity contribution is 1.04. The van der Waals surface area contributed by atoms with Gasteiger partial charge in [0.15, 0.2) is 0 Å². The predicted molar refractivity (Wildman–Crippen MR) is 46.2 cm³/mol. The largest absolute Gasteiger partial charge is 0.148 e. The maximum atomic E-state index is 2.28. The summed E-state index contributed by atoms with van der Waals surface area (Å²) in [5, 5.41) is 1.64. The van der Waals surface area contributed by atoms with Crippen molar-refractivity contribution in [3.8, 4) is 0 Å². The first-order valence-corrected chi connectivity index (χ1v) is 4.52. The lowest BCUT2D eigenvalue weighted by Crippen LogP contribution is -1.80. The molecule has 10 heavy (non-hydrogen) atoms. The zero-order valence-corrected chi connectivity index (χ0v) is 6.77. The molecule has 1 heterocycles. The molecular weight excluding hydrogens is 140 g/mol. The maximum absolute atomic E-state index is 2.28. The second-order valence-electron chi connectivity index (χ2n) is 2.67. The fourth-order valence-corrected chi connectivity index (χ4v) is 2.02. The Balaban J connectivity index is 2.20. The number of benzene rings is 1. The Bertz CT molecular complexity index is 217. The molecule has 0 nitrogen and oxygen atoms in total. The average molecular weight is 150 g/mol. The van der Waals surface area contributed by atoms with Crippen molar-refractivity contribution in [2.24, 2.45) is 0 Å². The summed E-state index contributed by atoms with van der Waals surface area (Å²) in [4.78, 5) is 0. The second kappa shape index (κ2) is 2.31. The van der Waals surface area contributed by atoms with Gasteiger partial charge in [-0.2, -0.15) is 0 Å². The second-order valence-corrected chi connectivity index (χ2v) is 4.20. The SMILES string of the molecule is C[C@H]1S[C@H]1c1ccccc1. The summed E-state index contributed by atoms with van der Waals surface area (Å²) >= 11 is 2.04. The van der Waals surface area contributed by atoms with Gasteiger partial charge in [-0.15, -0.1) is 11.8 Å². The van der Waals surface area contributed by atoms with Crippen molar-refractivity contribution in [1.29, 1.82) is 0 Å². The quantitative estimate of drug-likeness (QED) is 0.555. The zero-order valence-electron chi connectivity index (χ0n) is 5.95. The van der Waals surface area contributed by atoms with Crippen LogP contribution in [0.2, 0.25) is 0 Å². The molecule has 2 atom stereocenters. The highest BCUT2D eigenvalue weighted by atomic mass is 32.2. The summed E-state index contributed by atoms with van der Waals surface area (Å²) in [5.41, 5.74) is 1.49. The van der Waals surface area contributed by atoms with Gasteiger partial charge in [-0.25, -0.2) is 0 Å². The number of thioether (sulfide) groups is 1. The van der Waals surface area contributed by atoms with E-state index in [2.05, 4.69) is 37.3 Å². The average Bonchev–Trinajstić information content (AvgIpc) is 2.69. The lowest BCUT2D eigenvalue weighted by atomic mass is 10.1. The van der Waals surface area contributed by atoms with Gasteiger partial charge in [-0.05, 0) is 5.56 Å². The molecule has 0 aliphatic carbocycles. The van der Waals surface area contributed by atoms with Gasteiger partial charge in [0.2, 0.25) is 0 Å². The van der Waals surface area contributed by atoms with E-state index < -0.39 is 0 Å². The third-order valence-corrected chi connectivity index (χ3v) is 3.20. The van der Waals surface area contributed by atoms with E-state index in [1.54, 1.807) is 0 Å². The van der Waals surface area contributed by atoms with Gasteiger partial charge in [0.05, 0.1) is 0 Å². The fraction of sp³-hybridized carbons (Fsp3) is 0.333. The molecule has 1 saturated heterocycles. The molecule has 1 aromatic rings. The van der Waals surface area contributed by atoms with Gasteiger partial charge in [0.25, 0.3) is 0 Å². The molecule has 0 spiro atoms. The third-order valence-electron chi connectivity index (χ3n) is 1.84. The van der Waals surface area contributed by atoms with Crippen LogP contribution in [0.4, 0.5) is 0 Å². The van der Waals surface area contributed by atoms with E-state index in [9.17, 15) is 0 Å². The number of hydrogen-bond donors (Lipinski definition) is 0. The molecule has 52 valence electrons. The van der Waals surface area contributed by atoms with E-state index in [-0.39, 0.29) is 0 Å². The molecule has 0 aromatic heterocycles. The first-order chi connectivity index (χ1) is 4.88. The number of hydrogen-bond acceptors (Lipinski definition) is 1. The Morgan fingerprint density at radius 1 is 1.20 bits per heavy atom. The van der Waals surface area contributed by atoms with Gasteiger partial charge in [0, 0.05) is 10.5 Å². The first-order valence-electron chi connectivity index (χ1n) is 3.58. The van der Waals surface area contributed by atoms with Crippen LogP contribution in [0.25, 0.3) is 0 Å². The van der Waals surface area contributed by atoms with Crippen LogP contribution in [0.15, 0.2) is 30.3 Å². The van der Waals surface area contributed by atoms with Crippen LogP contribution in [0.1, 0.15) is 17.7 Å². The van der Waals surface area contributed by atoms with Crippen molar-refractivity contribution in [2.75, 3.05) is 0 Å². The van der Waals surface area contributed by atoms with E-state index >= 15 is 0 Å². The van der Waals surface area contributed by atoms with Crippen LogP contribution < -0.4 is 0 Å². The molecule has 0 amide bonds. The van der Waals surface area contributed by atoms with Gasteiger partial charge >= 0.3 is 0 Å². The van der Waals surface area contributed by atoms with Crippen LogP contribution in [0, 0.1) is 0 Å². The van der Waals surface area contributed by atoms with Crippen molar-refractivity contribution < 1.29 is 0 Å². The normalized spacial score (nSPS) is 30.1. The first kappa shape index (κ1) is 6.29. The molecular formula is C9H10S. The summed E-state index contributed by atoms with van der Waals surface area (Å²) in [6, 6.07) is 10.7. The van der Waals surface area contributed by atoms with Gasteiger partial charge in [-0.1, -0.05) is 37.3 Å². The van der Waals surface area contributed by atoms with Gasteiger partial charge in [0.1, 0.15) is 0 Å². The molecule has 0 bridgehead atoms. The minimum Gasteiger partial charge on any atom is -0.148 e. The van der Waals surface area contributed by atoms with Crippen molar-refractivity contribution >= 4 is 11.8 Å². The van der Waals surface area contributed by atoms with Crippen LogP contribution in [0.5, 0.6) is 0 Å². The molecule has 0 radical (unpaired) electrons. The molecule has 1 fully saturated rings. The summed E-state index contributed by atoms with van der Waals surface area (Å²) in [6.07, 6.45) is 0. The summed E-state index contributed by atoms with van der Waals surface area (Å²) in [7, 11) is 0. The van der Waals surface area contributed by atoms with E-state index in [1.165, 1.54) is 5.56 Å². The van der Waals surface area contributed by atoms with E-state index in [0.29, 0.717) is 0 Å². The van der Waals surface area contributed by atoms with E-state index in [0.717, 1.165) is 10.5 Å². The van der Waals surface area contributed by atoms with Crippen molar-refractivity contribution in [3.63, 3.8) is 0 Å². The summed E-state index contributed by atoms with van der Waals surface area (Å²) in [5.74, 6) is 0. The predicted octanol–water partition coefficient (Wildman–Crippen LogP) is 2.86. The molecule has 1 aliphatic heterocycles. The van der Waals surface area contributed by atoms with Crippen molar-refractivity contribution in [1.82, 2.24) is 0 Å². The van der Waals surface area contributed by atoms with E-state index in [1.807, 2.05) is 11.8 Å². The van der Waals surface area contributed by atoms with E-state index in [4.69, 9.17) is 0 Å². The summed E-state index contributed by atoms with van der Waals surface area (Å²) in [6.45, 7) is 2.28. The summed E-state index contributed by atoms with van der Waals surface area (Å²) < 4.78 is 0. The molecule has 0 saturated carbocycles. The fourth-order valence-electron chi connectivity index (χ4n) is 1.18. The minimum absolute atomic E-state index is 0.793. The Labute approximate surface area is 65.6 Å². The highest BCUT2D eigenvalue weighted by Crippen LogP contribution is 2.54. The topological polar surface area (TPSA) is 0 Å². The highest BCUT2D eigenvalue weighted by Gasteiger charge is 2.34. The molecule has 1 heteroatoms. The Morgan fingerprint density at radius 2 is 1.80 bits per heavy atom. The molecule has 1 aromatic carbocycles. The van der Waals surface area contributed by atoms with Crippen LogP contribution in [-0.4, -0.2) is 5.25 Å². The minimum atomic E-state index is 0.793. The Kier molecular flexibility index (Phi) is 1.46. The smallest absolute Gasteiger partial charge is 0.0416 e. The lowest BCUT2D eigenvalue weighted by Gasteiger charge is -1.92. The zero-order chi connectivity index (χ0) is 6.97. The Hall–Kier alpha value is -0.430. The van der Waals surface area contributed by atoms with Crippen molar-refractivity contribution in [3.05, 3.63) is 35.9 Å². The van der Waals surface area contributed by atoms with Crippen LogP contribution >= 0.6 is 11.8 Å². The monoisotopic (exact) mass is 150 g/mol. The molecule has 1 aliphatic rings. The number of rotatable bonds is 1. The molecule has 0 N–H and O–H groups in total. The standard InChI is InChI=1S/C9H10S/c1-7-9(10-7)8-5-3-2-4-6-8/h2-7,9H,1H3/t7-,9-/m1/s1. The highest BCUT2D eigenvalue weighted by molar-refractivity contribution is 8.07. The molecule has 0 unspecified atom stereocenters. The third kappa shape index (κ3) is 1.06. The maximum Gasteiger partial charge on any atom is 0.0416 e. The van der Waals surface area contributed by atoms with Gasteiger partial charge < -0.3 is 0 Å². The van der Waals surface area contributed by atoms with Crippen molar-refractivity contribution in [2.45, 2.75) is 17.4 Å². The van der Waals surface area contributed by atoms with Crippen LogP contribution in [-0.2, 0) is 0 Å².